The van der Waals surface area contributed by atoms with Gasteiger partial charge in [-0.2, -0.15) is 0 Å². The second kappa shape index (κ2) is 9.49. The van der Waals surface area contributed by atoms with Crippen molar-refractivity contribution in [1.82, 2.24) is 0 Å². The SMILES string of the molecule is C=CCCCC=CCOC(O)CC. The van der Waals surface area contributed by atoms with Crippen molar-refractivity contribution in [2.24, 2.45) is 0 Å². The fraction of sp³-hybridized carbons (Fsp3) is 0.636. The molecule has 13 heavy (non-hydrogen) atoms. The van der Waals surface area contributed by atoms with Gasteiger partial charge in [-0.05, 0) is 25.7 Å². The monoisotopic (exact) mass is 184 g/mol. The Bertz CT molecular complexity index is 141. The van der Waals surface area contributed by atoms with Crippen molar-refractivity contribution < 1.29 is 9.84 Å². The van der Waals surface area contributed by atoms with Gasteiger partial charge >= 0.3 is 0 Å². The molecule has 0 bridgehead atoms. The molecule has 0 saturated carbocycles. The molecule has 76 valence electrons. The number of rotatable bonds is 8. The Kier molecular flexibility index (Phi) is 9.05. The molecule has 0 amide bonds. The maximum Gasteiger partial charge on any atom is 0.154 e. The van der Waals surface area contributed by atoms with Crippen LogP contribution in [0.5, 0.6) is 0 Å². The first-order valence-corrected chi connectivity index (χ1v) is 4.86. The predicted octanol–water partition coefficient (Wildman–Crippen LogP) is 2.64. The van der Waals surface area contributed by atoms with Crippen LogP contribution >= 0.6 is 0 Å². The third-order valence-electron chi connectivity index (χ3n) is 1.68. The first kappa shape index (κ1) is 12.4. The lowest BCUT2D eigenvalue weighted by Crippen LogP contribution is -2.09. The Morgan fingerprint density at radius 1 is 1.38 bits per heavy atom. The van der Waals surface area contributed by atoms with Crippen molar-refractivity contribution >= 4 is 0 Å². The van der Waals surface area contributed by atoms with E-state index < -0.39 is 6.29 Å². The second-order valence-electron chi connectivity index (χ2n) is 2.89. The van der Waals surface area contributed by atoms with Gasteiger partial charge in [-0.25, -0.2) is 0 Å². The first-order chi connectivity index (χ1) is 6.31. The summed E-state index contributed by atoms with van der Waals surface area (Å²) in [5.41, 5.74) is 0. The van der Waals surface area contributed by atoms with Crippen LogP contribution in [0.4, 0.5) is 0 Å². The zero-order valence-electron chi connectivity index (χ0n) is 8.41. The zero-order chi connectivity index (χ0) is 9.94. The van der Waals surface area contributed by atoms with Gasteiger partial charge in [0.2, 0.25) is 0 Å². The molecule has 0 saturated heterocycles. The summed E-state index contributed by atoms with van der Waals surface area (Å²) in [5, 5.41) is 9.03. The maximum absolute atomic E-state index is 9.03. The second-order valence-corrected chi connectivity index (χ2v) is 2.89. The Hall–Kier alpha value is -0.600. The van der Waals surface area contributed by atoms with E-state index in [1.165, 1.54) is 0 Å². The Balaban J connectivity index is 3.16. The molecule has 0 aliphatic heterocycles. The van der Waals surface area contributed by atoms with E-state index in [2.05, 4.69) is 12.7 Å². The molecule has 1 unspecified atom stereocenters. The third-order valence-corrected chi connectivity index (χ3v) is 1.68. The number of hydrogen-bond donors (Lipinski definition) is 1. The third kappa shape index (κ3) is 9.31. The van der Waals surface area contributed by atoms with Crippen LogP contribution in [0.2, 0.25) is 0 Å². The highest BCUT2D eigenvalue weighted by Gasteiger charge is 1.95. The summed E-state index contributed by atoms with van der Waals surface area (Å²) in [5.74, 6) is 0. The highest BCUT2D eigenvalue weighted by molar-refractivity contribution is 4.82. The summed E-state index contributed by atoms with van der Waals surface area (Å²) in [4.78, 5) is 0. The number of allylic oxidation sites excluding steroid dienone is 2. The van der Waals surface area contributed by atoms with Crippen molar-refractivity contribution in [2.45, 2.75) is 38.9 Å². The Labute approximate surface area is 80.9 Å². The lowest BCUT2D eigenvalue weighted by molar-refractivity contribution is -0.0897. The van der Waals surface area contributed by atoms with Gasteiger partial charge in [-0.1, -0.05) is 25.2 Å². The molecule has 0 spiro atoms. The molecule has 0 aromatic carbocycles. The van der Waals surface area contributed by atoms with E-state index >= 15 is 0 Å². The summed E-state index contributed by atoms with van der Waals surface area (Å²) < 4.78 is 5.05. The van der Waals surface area contributed by atoms with E-state index in [0.717, 1.165) is 19.3 Å². The van der Waals surface area contributed by atoms with Crippen molar-refractivity contribution in [1.29, 1.82) is 0 Å². The summed E-state index contributed by atoms with van der Waals surface area (Å²) in [6, 6.07) is 0. The maximum atomic E-state index is 9.03. The molecule has 0 aromatic heterocycles. The molecule has 0 aliphatic carbocycles. The molecule has 0 rings (SSSR count). The average molecular weight is 184 g/mol. The molecule has 0 radical (unpaired) electrons. The number of unbranched alkanes of at least 4 members (excludes halogenated alkanes) is 2. The molecule has 0 heterocycles. The number of aliphatic hydroxyl groups excluding tert-OH is 1. The number of ether oxygens (including phenoxy) is 1. The molecular weight excluding hydrogens is 164 g/mol. The van der Waals surface area contributed by atoms with Crippen LogP contribution in [-0.2, 0) is 4.74 Å². The molecule has 0 fully saturated rings. The van der Waals surface area contributed by atoms with E-state index in [4.69, 9.17) is 9.84 Å². The molecule has 2 nitrogen and oxygen atoms in total. The fourth-order valence-electron chi connectivity index (χ4n) is 0.850. The van der Waals surface area contributed by atoms with Crippen LogP contribution in [0, 0.1) is 0 Å². The van der Waals surface area contributed by atoms with E-state index in [1.807, 2.05) is 19.1 Å². The normalized spacial score (nSPS) is 13.4. The van der Waals surface area contributed by atoms with Gasteiger partial charge in [0, 0.05) is 0 Å². The molecule has 1 N–H and O–H groups in total. The quantitative estimate of drug-likeness (QED) is 0.357. The first-order valence-electron chi connectivity index (χ1n) is 4.86. The standard InChI is InChI=1S/C11H20O2/c1-3-5-6-7-8-9-10-13-11(12)4-2/h3,8-9,11-12H,1,4-7,10H2,2H3. The predicted molar refractivity (Wildman–Crippen MR) is 55.4 cm³/mol. The minimum Gasteiger partial charge on any atom is -0.368 e. The van der Waals surface area contributed by atoms with Crippen molar-refractivity contribution in [3.63, 3.8) is 0 Å². The average Bonchev–Trinajstić information content (AvgIpc) is 2.16. The summed E-state index contributed by atoms with van der Waals surface area (Å²) in [6.07, 6.45) is 9.22. The molecular formula is C11H20O2. The van der Waals surface area contributed by atoms with Crippen molar-refractivity contribution in [3.8, 4) is 0 Å². The Morgan fingerprint density at radius 2 is 2.15 bits per heavy atom. The highest BCUT2D eigenvalue weighted by Crippen LogP contribution is 1.97. The zero-order valence-corrected chi connectivity index (χ0v) is 8.41. The van der Waals surface area contributed by atoms with Gasteiger partial charge in [0.05, 0.1) is 6.61 Å². The summed E-state index contributed by atoms with van der Waals surface area (Å²) in [6.45, 7) is 6.04. The van der Waals surface area contributed by atoms with Gasteiger partial charge < -0.3 is 9.84 Å². The van der Waals surface area contributed by atoms with Crippen LogP contribution in [0.3, 0.4) is 0 Å². The topological polar surface area (TPSA) is 29.5 Å². The summed E-state index contributed by atoms with van der Waals surface area (Å²) in [7, 11) is 0. The minimum absolute atomic E-state index is 0.503. The smallest absolute Gasteiger partial charge is 0.154 e. The van der Waals surface area contributed by atoms with Crippen LogP contribution in [0.1, 0.15) is 32.6 Å². The van der Waals surface area contributed by atoms with Crippen LogP contribution in [-0.4, -0.2) is 18.0 Å². The minimum atomic E-state index is -0.613. The fourth-order valence-corrected chi connectivity index (χ4v) is 0.850. The van der Waals surface area contributed by atoms with Gasteiger partial charge in [-0.3, -0.25) is 0 Å². The van der Waals surface area contributed by atoms with Crippen molar-refractivity contribution in [3.05, 3.63) is 24.8 Å². The van der Waals surface area contributed by atoms with E-state index in [-0.39, 0.29) is 0 Å². The molecule has 0 aliphatic rings. The summed E-state index contributed by atoms with van der Waals surface area (Å²) >= 11 is 0. The molecule has 0 aromatic rings. The molecule has 1 atom stereocenters. The van der Waals surface area contributed by atoms with Gasteiger partial charge in [0.25, 0.3) is 0 Å². The van der Waals surface area contributed by atoms with Crippen LogP contribution in [0.25, 0.3) is 0 Å². The van der Waals surface area contributed by atoms with Crippen LogP contribution in [0.15, 0.2) is 24.8 Å². The Morgan fingerprint density at radius 3 is 2.77 bits per heavy atom. The van der Waals surface area contributed by atoms with E-state index in [9.17, 15) is 0 Å². The molecule has 2 heteroatoms. The van der Waals surface area contributed by atoms with Crippen LogP contribution < -0.4 is 0 Å². The van der Waals surface area contributed by atoms with Crippen molar-refractivity contribution in [2.75, 3.05) is 6.61 Å². The lowest BCUT2D eigenvalue weighted by atomic mass is 10.2. The largest absolute Gasteiger partial charge is 0.368 e. The van der Waals surface area contributed by atoms with E-state index in [1.54, 1.807) is 0 Å². The van der Waals surface area contributed by atoms with E-state index in [0.29, 0.717) is 13.0 Å². The number of aliphatic hydroxyl groups is 1. The lowest BCUT2D eigenvalue weighted by Gasteiger charge is -2.05. The van der Waals surface area contributed by atoms with Gasteiger partial charge in [0.1, 0.15) is 0 Å². The highest BCUT2D eigenvalue weighted by atomic mass is 16.6. The van der Waals surface area contributed by atoms with Gasteiger partial charge in [0.15, 0.2) is 6.29 Å². The van der Waals surface area contributed by atoms with Gasteiger partial charge in [-0.15, -0.1) is 6.58 Å². The number of hydrogen-bond acceptors (Lipinski definition) is 2.